The summed E-state index contributed by atoms with van der Waals surface area (Å²) in [7, 11) is 0. The lowest BCUT2D eigenvalue weighted by Crippen LogP contribution is -2.58. The van der Waals surface area contributed by atoms with E-state index in [0.717, 1.165) is 0 Å². The molecule has 0 saturated carbocycles. The minimum absolute atomic E-state index is 0.105. The molecule has 1 aromatic carbocycles. The van der Waals surface area contributed by atoms with Gasteiger partial charge in [-0.2, -0.15) is 35.8 Å². The molecule has 1 atom stereocenters. The molecule has 0 saturated heterocycles. The summed E-state index contributed by atoms with van der Waals surface area (Å²) in [5, 5.41) is 2.82. The van der Waals surface area contributed by atoms with Crippen molar-refractivity contribution in [1.82, 2.24) is 5.43 Å². The van der Waals surface area contributed by atoms with E-state index in [2.05, 4.69) is 21.0 Å². The molecule has 0 aliphatic rings. The Morgan fingerprint density at radius 3 is 2.32 bits per heavy atom. The third-order valence-electron chi connectivity index (χ3n) is 3.03. The molecule has 0 aliphatic carbocycles. The summed E-state index contributed by atoms with van der Waals surface area (Å²) in [6, 6.07) is -1.19. The van der Waals surface area contributed by atoms with Crippen LogP contribution in [-0.2, 0) is 0 Å². The maximum atomic E-state index is 13.1. The van der Waals surface area contributed by atoms with Crippen molar-refractivity contribution in [1.29, 1.82) is 0 Å². The first-order chi connectivity index (χ1) is 11.3. The van der Waals surface area contributed by atoms with E-state index in [0.29, 0.717) is 22.5 Å². The van der Waals surface area contributed by atoms with E-state index in [1.807, 2.05) is 6.92 Å². The molecule has 0 radical (unpaired) electrons. The monoisotopic (exact) mass is 438 g/mol. The Morgan fingerprint density at radius 2 is 1.80 bits per heavy atom. The highest BCUT2D eigenvalue weighted by Crippen LogP contribution is 2.45. The zero-order valence-electron chi connectivity index (χ0n) is 13.0. The Kier molecular flexibility index (Phi) is 6.71. The van der Waals surface area contributed by atoms with Gasteiger partial charge < -0.3 is 4.74 Å². The van der Waals surface area contributed by atoms with E-state index in [1.54, 1.807) is 13.0 Å². The molecule has 0 unspecified atom stereocenters. The molecule has 11 heteroatoms. The number of ether oxygens (including phenoxy) is 1. The predicted octanol–water partition coefficient (Wildman–Crippen LogP) is 5.34. The van der Waals surface area contributed by atoms with Gasteiger partial charge in [-0.05, 0) is 31.5 Å². The number of hydrogen-bond acceptors (Lipinski definition) is 3. The van der Waals surface area contributed by atoms with E-state index in [1.165, 1.54) is 12.1 Å². The minimum atomic E-state index is -6.43. The summed E-state index contributed by atoms with van der Waals surface area (Å²) in [5.41, 5.74) is 0.668. The van der Waals surface area contributed by atoms with Gasteiger partial charge in [-0.1, -0.05) is 22.9 Å². The van der Waals surface area contributed by atoms with Gasteiger partial charge in [0, 0.05) is 10.0 Å². The first-order valence-electron chi connectivity index (χ1n) is 6.90. The Bertz CT molecular complexity index is 620. The molecule has 0 spiro atoms. The summed E-state index contributed by atoms with van der Waals surface area (Å²) in [6.07, 6.45) is -5.37. The van der Waals surface area contributed by atoms with Crippen molar-refractivity contribution in [3.05, 3.63) is 28.2 Å². The topological polar surface area (TPSA) is 33.6 Å². The van der Waals surface area contributed by atoms with Crippen LogP contribution in [0.1, 0.15) is 25.8 Å². The van der Waals surface area contributed by atoms with Gasteiger partial charge in [0.25, 0.3) is 0 Å². The average molecular weight is 439 g/mol. The van der Waals surface area contributed by atoms with Crippen LogP contribution in [0.5, 0.6) is 5.75 Å². The molecular formula is C14H14BrF7N2O. The van der Waals surface area contributed by atoms with Crippen molar-refractivity contribution in [2.45, 2.75) is 44.5 Å². The maximum absolute atomic E-state index is 13.1. The molecule has 0 fully saturated rings. The lowest BCUT2D eigenvalue weighted by Gasteiger charge is -2.27. The fourth-order valence-electron chi connectivity index (χ4n) is 1.46. The lowest BCUT2D eigenvalue weighted by atomic mass is 10.2. The standard InChI is InChI=1S/C14H14BrF7N2O/c1-3-8(2)25-11-5-4-10(15)6-9(11)7-23-24-14(21,22)12(16,17)13(18,19)20/h4-8,24H,3H2,1-2H3/b23-7-/t8-/m0/s1. The van der Waals surface area contributed by atoms with Crippen molar-refractivity contribution < 1.29 is 35.5 Å². The molecule has 0 amide bonds. The molecule has 1 aromatic rings. The Labute approximate surface area is 147 Å². The fourth-order valence-corrected chi connectivity index (χ4v) is 1.84. The number of nitrogens with one attached hydrogen (secondary N) is 1. The van der Waals surface area contributed by atoms with Gasteiger partial charge in [0.15, 0.2) is 0 Å². The van der Waals surface area contributed by atoms with Crippen LogP contribution < -0.4 is 10.2 Å². The first-order valence-corrected chi connectivity index (χ1v) is 7.70. The van der Waals surface area contributed by atoms with Crippen molar-refractivity contribution in [3.63, 3.8) is 0 Å². The van der Waals surface area contributed by atoms with Crippen molar-refractivity contribution >= 4 is 22.1 Å². The normalized spacial score (nSPS) is 14.6. The highest BCUT2D eigenvalue weighted by atomic mass is 79.9. The van der Waals surface area contributed by atoms with Crippen LogP contribution in [-0.4, -0.2) is 30.5 Å². The summed E-state index contributed by atoms with van der Waals surface area (Å²) >= 11 is 3.11. The number of nitrogens with zero attached hydrogens (tertiary/aromatic N) is 1. The summed E-state index contributed by atoms with van der Waals surface area (Å²) in [6.45, 7) is 3.57. The number of hydrogen-bond donors (Lipinski definition) is 1. The van der Waals surface area contributed by atoms with Crippen molar-refractivity contribution in [2.24, 2.45) is 5.10 Å². The average Bonchev–Trinajstić information content (AvgIpc) is 2.48. The second kappa shape index (κ2) is 7.79. The van der Waals surface area contributed by atoms with Crippen LogP contribution in [0.15, 0.2) is 27.8 Å². The summed E-state index contributed by atoms with van der Waals surface area (Å²) < 4.78 is 93.8. The van der Waals surface area contributed by atoms with Gasteiger partial charge in [-0.25, -0.2) is 5.43 Å². The van der Waals surface area contributed by atoms with Crippen LogP contribution in [0.4, 0.5) is 30.7 Å². The maximum Gasteiger partial charge on any atom is 0.462 e. The predicted molar refractivity (Wildman–Crippen MR) is 81.2 cm³/mol. The number of halogens is 8. The van der Waals surface area contributed by atoms with E-state index in [9.17, 15) is 30.7 Å². The van der Waals surface area contributed by atoms with Crippen LogP contribution in [0, 0.1) is 0 Å². The molecule has 0 bridgehead atoms. The quantitative estimate of drug-likeness (QED) is 0.269. The van der Waals surface area contributed by atoms with E-state index in [4.69, 9.17) is 4.74 Å². The summed E-state index contributed by atoms with van der Waals surface area (Å²) in [5.74, 6) is -6.08. The van der Waals surface area contributed by atoms with E-state index in [-0.39, 0.29) is 17.4 Å². The Morgan fingerprint density at radius 1 is 1.20 bits per heavy atom. The second-order valence-electron chi connectivity index (χ2n) is 5.04. The van der Waals surface area contributed by atoms with E-state index >= 15 is 0 Å². The summed E-state index contributed by atoms with van der Waals surface area (Å²) in [4.78, 5) is 0. The minimum Gasteiger partial charge on any atom is -0.490 e. The zero-order valence-corrected chi connectivity index (χ0v) is 14.6. The fraction of sp³-hybridized carbons (Fsp3) is 0.500. The zero-order chi connectivity index (χ0) is 19.5. The molecule has 0 aliphatic heterocycles. The number of benzene rings is 1. The van der Waals surface area contributed by atoms with Gasteiger partial charge in [-0.3, -0.25) is 0 Å². The van der Waals surface area contributed by atoms with Crippen LogP contribution in [0.2, 0.25) is 0 Å². The molecule has 1 N–H and O–H groups in total. The van der Waals surface area contributed by atoms with Gasteiger partial charge >= 0.3 is 18.1 Å². The lowest BCUT2D eigenvalue weighted by molar-refractivity contribution is -0.361. The number of rotatable bonds is 7. The molecular weight excluding hydrogens is 425 g/mol. The molecule has 142 valence electrons. The SMILES string of the molecule is CC[C@H](C)Oc1ccc(Br)cc1/C=N\NC(F)(F)C(F)(F)C(F)(F)F. The van der Waals surface area contributed by atoms with Gasteiger partial charge in [0.05, 0.1) is 12.3 Å². The number of hydrazone groups is 1. The highest BCUT2D eigenvalue weighted by molar-refractivity contribution is 9.10. The third-order valence-corrected chi connectivity index (χ3v) is 3.53. The smallest absolute Gasteiger partial charge is 0.462 e. The van der Waals surface area contributed by atoms with Crippen molar-refractivity contribution in [2.75, 3.05) is 0 Å². The van der Waals surface area contributed by atoms with Crippen LogP contribution in [0.25, 0.3) is 0 Å². The van der Waals surface area contributed by atoms with Gasteiger partial charge in [-0.15, -0.1) is 0 Å². The second-order valence-corrected chi connectivity index (χ2v) is 5.95. The third kappa shape index (κ3) is 5.23. The Balaban J connectivity index is 3.01. The van der Waals surface area contributed by atoms with Crippen LogP contribution >= 0.6 is 15.9 Å². The van der Waals surface area contributed by atoms with Gasteiger partial charge in [0.2, 0.25) is 0 Å². The number of alkyl halides is 7. The largest absolute Gasteiger partial charge is 0.490 e. The molecule has 3 nitrogen and oxygen atoms in total. The van der Waals surface area contributed by atoms with Crippen LogP contribution in [0.3, 0.4) is 0 Å². The van der Waals surface area contributed by atoms with Gasteiger partial charge in [0.1, 0.15) is 5.75 Å². The van der Waals surface area contributed by atoms with Crippen molar-refractivity contribution in [3.8, 4) is 5.75 Å². The molecule has 1 rings (SSSR count). The molecule has 0 heterocycles. The van der Waals surface area contributed by atoms with E-state index < -0.39 is 18.1 Å². The molecule has 0 aromatic heterocycles. The highest BCUT2D eigenvalue weighted by Gasteiger charge is 2.73. The Hall–Kier alpha value is -1.52. The molecule has 25 heavy (non-hydrogen) atoms. The first kappa shape index (κ1) is 21.5.